The number of nitrogen functional groups attached to an aromatic ring is 1. The fourth-order valence-corrected chi connectivity index (χ4v) is 1.77. The third-order valence-corrected chi connectivity index (χ3v) is 3.30. The fraction of sp³-hybridized carbons (Fsp3) is 0.333. The van der Waals surface area contributed by atoms with Gasteiger partial charge in [0.15, 0.2) is 0 Å². The van der Waals surface area contributed by atoms with Gasteiger partial charge in [-0.2, -0.15) is 0 Å². The van der Waals surface area contributed by atoms with Gasteiger partial charge in [-0.1, -0.05) is 23.2 Å². The van der Waals surface area contributed by atoms with E-state index in [-0.39, 0.29) is 0 Å². The number of anilines is 2. The number of nitrogens with one attached hydrogen (secondary N) is 1. The topological polar surface area (TPSA) is 55.1 Å². The summed E-state index contributed by atoms with van der Waals surface area (Å²) in [6.45, 7) is 0.589. The van der Waals surface area contributed by atoms with Crippen molar-refractivity contribution < 1.29 is 4.21 Å². The number of nitrogens with two attached hydrogens (primary N) is 1. The summed E-state index contributed by atoms with van der Waals surface area (Å²) in [6.07, 6.45) is 1.65. The van der Waals surface area contributed by atoms with Crippen LogP contribution in [-0.4, -0.2) is 22.8 Å². The van der Waals surface area contributed by atoms with E-state index in [1.165, 1.54) is 0 Å². The lowest BCUT2D eigenvalue weighted by molar-refractivity contribution is 0.687. The third-order valence-electron chi connectivity index (χ3n) is 1.80. The van der Waals surface area contributed by atoms with Crippen LogP contribution < -0.4 is 11.1 Å². The molecule has 15 heavy (non-hydrogen) atoms. The van der Waals surface area contributed by atoms with Gasteiger partial charge in [0, 0.05) is 29.4 Å². The first kappa shape index (κ1) is 12.6. The largest absolute Gasteiger partial charge is 0.397 e. The summed E-state index contributed by atoms with van der Waals surface area (Å²) in [7, 11) is -0.818. The molecule has 0 aliphatic rings. The first-order chi connectivity index (χ1) is 7.00. The number of hydrogen-bond donors (Lipinski definition) is 2. The van der Waals surface area contributed by atoms with Crippen LogP contribution >= 0.6 is 23.2 Å². The summed E-state index contributed by atoms with van der Waals surface area (Å²) in [6, 6.07) is 3.26. The summed E-state index contributed by atoms with van der Waals surface area (Å²) in [5.41, 5.74) is 6.98. The molecule has 0 aromatic heterocycles. The average Bonchev–Trinajstić information content (AvgIpc) is 2.13. The van der Waals surface area contributed by atoms with Crippen LogP contribution in [0.4, 0.5) is 11.4 Å². The van der Waals surface area contributed by atoms with Gasteiger partial charge in [-0.25, -0.2) is 0 Å². The Labute approximate surface area is 101 Å². The van der Waals surface area contributed by atoms with Crippen LogP contribution in [0.5, 0.6) is 0 Å². The van der Waals surface area contributed by atoms with Gasteiger partial charge in [0.1, 0.15) is 0 Å². The highest BCUT2D eigenvalue weighted by molar-refractivity contribution is 7.84. The molecule has 1 unspecified atom stereocenters. The zero-order chi connectivity index (χ0) is 11.4. The Hall–Kier alpha value is -0.450. The predicted octanol–water partition coefficient (Wildman–Crippen LogP) is 2.37. The molecule has 0 aliphatic carbocycles. The van der Waals surface area contributed by atoms with E-state index < -0.39 is 10.8 Å². The Kier molecular flexibility index (Phi) is 4.70. The van der Waals surface area contributed by atoms with Gasteiger partial charge in [0.25, 0.3) is 0 Å². The zero-order valence-corrected chi connectivity index (χ0v) is 10.5. The second kappa shape index (κ2) is 5.58. The Balaban J connectivity index is 2.69. The van der Waals surface area contributed by atoms with Crippen molar-refractivity contribution >= 4 is 45.4 Å². The SMILES string of the molecule is CS(=O)CCNc1cc(Cl)c(Cl)cc1N. The monoisotopic (exact) mass is 266 g/mol. The molecule has 3 N–H and O–H groups in total. The average molecular weight is 267 g/mol. The summed E-state index contributed by atoms with van der Waals surface area (Å²) in [4.78, 5) is 0. The quantitative estimate of drug-likeness (QED) is 0.823. The van der Waals surface area contributed by atoms with E-state index in [0.717, 1.165) is 5.69 Å². The predicted molar refractivity (Wildman–Crippen MR) is 68.3 cm³/mol. The van der Waals surface area contributed by atoms with E-state index >= 15 is 0 Å². The van der Waals surface area contributed by atoms with Gasteiger partial charge in [-0.15, -0.1) is 0 Å². The minimum absolute atomic E-state index is 0.429. The Morgan fingerprint density at radius 2 is 2.00 bits per heavy atom. The van der Waals surface area contributed by atoms with Crippen LogP contribution in [0.1, 0.15) is 0 Å². The number of rotatable bonds is 4. The highest BCUT2D eigenvalue weighted by Crippen LogP contribution is 2.30. The molecule has 0 saturated heterocycles. The van der Waals surface area contributed by atoms with Crippen molar-refractivity contribution in [3.8, 4) is 0 Å². The normalized spacial score (nSPS) is 12.5. The maximum Gasteiger partial charge on any atom is 0.0614 e. The van der Waals surface area contributed by atoms with Gasteiger partial charge in [-0.05, 0) is 12.1 Å². The molecular formula is C9H12Cl2N2OS. The van der Waals surface area contributed by atoms with Crippen LogP contribution in [0.2, 0.25) is 10.0 Å². The molecule has 0 spiro atoms. The molecule has 3 nitrogen and oxygen atoms in total. The minimum atomic E-state index is -0.818. The van der Waals surface area contributed by atoms with Crippen LogP contribution in [0.25, 0.3) is 0 Å². The summed E-state index contributed by atoms with van der Waals surface area (Å²) in [5, 5.41) is 3.93. The van der Waals surface area contributed by atoms with Crippen molar-refractivity contribution in [3.63, 3.8) is 0 Å². The lowest BCUT2D eigenvalue weighted by atomic mass is 10.2. The molecule has 6 heteroatoms. The highest BCUT2D eigenvalue weighted by atomic mass is 35.5. The molecule has 1 aromatic rings. The van der Waals surface area contributed by atoms with Crippen LogP contribution in [0.3, 0.4) is 0 Å². The maximum atomic E-state index is 10.8. The van der Waals surface area contributed by atoms with E-state index in [0.29, 0.717) is 28.0 Å². The smallest absolute Gasteiger partial charge is 0.0614 e. The summed E-state index contributed by atoms with van der Waals surface area (Å²) >= 11 is 11.6. The van der Waals surface area contributed by atoms with Crippen molar-refractivity contribution in [1.82, 2.24) is 0 Å². The molecule has 0 amide bonds. The molecule has 0 aliphatic heterocycles. The first-order valence-electron chi connectivity index (χ1n) is 4.29. The number of hydrogen-bond acceptors (Lipinski definition) is 3. The molecule has 1 rings (SSSR count). The molecular weight excluding hydrogens is 255 g/mol. The first-order valence-corrected chi connectivity index (χ1v) is 6.77. The summed E-state index contributed by atoms with van der Waals surface area (Å²) in [5.74, 6) is 0.569. The lowest BCUT2D eigenvalue weighted by Gasteiger charge is -2.09. The molecule has 0 fully saturated rings. The molecule has 84 valence electrons. The second-order valence-electron chi connectivity index (χ2n) is 3.06. The standard InChI is InChI=1S/C9H12Cl2N2OS/c1-15(14)3-2-13-9-5-7(11)6(10)4-8(9)12/h4-5,13H,2-3,12H2,1H3. The van der Waals surface area contributed by atoms with Gasteiger partial charge in [-0.3, -0.25) is 4.21 Å². The third kappa shape index (κ3) is 3.89. The maximum absolute atomic E-state index is 10.8. The highest BCUT2D eigenvalue weighted by Gasteiger charge is 2.04. The van der Waals surface area contributed by atoms with Gasteiger partial charge >= 0.3 is 0 Å². The van der Waals surface area contributed by atoms with E-state index in [4.69, 9.17) is 28.9 Å². The zero-order valence-electron chi connectivity index (χ0n) is 8.22. The van der Waals surface area contributed by atoms with Crippen LogP contribution in [0.15, 0.2) is 12.1 Å². The molecule has 0 saturated carbocycles. The number of benzene rings is 1. The van der Waals surface area contributed by atoms with Crippen molar-refractivity contribution in [2.24, 2.45) is 0 Å². The van der Waals surface area contributed by atoms with Crippen LogP contribution in [0, 0.1) is 0 Å². The van der Waals surface area contributed by atoms with Crippen molar-refractivity contribution in [2.45, 2.75) is 0 Å². The molecule has 0 heterocycles. The Morgan fingerprint density at radius 3 is 2.60 bits per heavy atom. The van der Waals surface area contributed by atoms with Crippen LogP contribution in [-0.2, 0) is 10.8 Å². The Bertz CT molecular complexity index is 385. The molecule has 0 radical (unpaired) electrons. The minimum Gasteiger partial charge on any atom is -0.397 e. The van der Waals surface area contributed by atoms with Crippen molar-refractivity contribution in [2.75, 3.05) is 29.6 Å². The van der Waals surface area contributed by atoms with E-state index in [1.54, 1.807) is 18.4 Å². The van der Waals surface area contributed by atoms with E-state index in [9.17, 15) is 4.21 Å². The molecule has 1 atom stereocenters. The van der Waals surface area contributed by atoms with Gasteiger partial charge in [0.2, 0.25) is 0 Å². The van der Waals surface area contributed by atoms with E-state index in [1.807, 2.05) is 0 Å². The molecule has 0 bridgehead atoms. The fourth-order valence-electron chi connectivity index (χ4n) is 1.04. The van der Waals surface area contributed by atoms with Crippen molar-refractivity contribution in [3.05, 3.63) is 22.2 Å². The van der Waals surface area contributed by atoms with Gasteiger partial charge < -0.3 is 11.1 Å². The molecule has 1 aromatic carbocycles. The van der Waals surface area contributed by atoms with E-state index in [2.05, 4.69) is 5.32 Å². The van der Waals surface area contributed by atoms with Gasteiger partial charge in [0.05, 0.1) is 21.4 Å². The second-order valence-corrected chi connectivity index (χ2v) is 5.43. The van der Waals surface area contributed by atoms with Crippen molar-refractivity contribution in [1.29, 1.82) is 0 Å². The number of halogens is 2. The lowest BCUT2D eigenvalue weighted by Crippen LogP contribution is -2.11. The summed E-state index contributed by atoms with van der Waals surface area (Å²) < 4.78 is 10.8. The Morgan fingerprint density at radius 1 is 1.40 bits per heavy atom.